The Morgan fingerprint density at radius 2 is 1.64 bits per heavy atom. The van der Waals surface area contributed by atoms with E-state index in [0.717, 1.165) is 25.6 Å². The molecule has 0 atom stereocenters. The minimum Gasteiger partial charge on any atom is -0.485 e. The highest BCUT2D eigenvalue weighted by molar-refractivity contribution is 9.11. The van der Waals surface area contributed by atoms with Crippen LogP contribution in [0, 0.1) is 6.92 Å². The van der Waals surface area contributed by atoms with Crippen LogP contribution >= 0.6 is 31.9 Å². The highest BCUT2D eigenvalue weighted by atomic mass is 79.9. The van der Waals surface area contributed by atoms with E-state index in [1.54, 1.807) is 13.0 Å². The fourth-order valence-electron chi connectivity index (χ4n) is 2.51. The van der Waals surface area contributed by atoms with Crippen LogP contribution in [0.4, 0.5) is 0 Å². The lowest BCUT2D eigenvalue weighted by Crippen LogP contribution is -2.22. The third kappa shape index (κ3) is 3.96. The number of ether oxygens (including phenoxy) is 1. The third-order valence-electron chi connectivity index (χ3n) is 3.70. The molecular weight excluding hydrogens is 450 g/mol. The SMILES string of the molecule is Cc1cc(COc2c(Br)cc(-c3ccccc3)cc2Br)n(O)c(=O)c1. The van der Waals surface area contributed by atoms with Gasteiger partial charge in [-0.15, -0.1) is 4.73 Å². The Hall–Kier alpha value is -2.05. The maximum absolute atomic E-state index is 11.6. The zero-order valence-corrected chi connectivity index (χ0v) is 16.5. The second-order valence-corrected chi connectivity index (χ2v) is 7.31. The van der Waals surface area contributed by atoms with Gasteiger partial charge in [0.2, 0.25) is 0 Å². The number of halogens is 2. The van der Waals surface area contributed by atoms with Crippen molar-refractivity contribution < 1.29 is 9.94 Å². The molecule has 2 aromatic carbocycles. The maximum atomic E-state index is 11.6. The van der Waals surface area contributed by atoms with Gasteiger partial charge in [0.25, 0.3) is 5.56 Å². The number of rotatable bonds is 4. The van der Waals surface area contributed by atoms with E-state index in [-0.39, 0.29) is 6.61 Å². The zero-order chi connectivity index (χ0) is 18.0. The molecule has 0 saturated heterocycles. The normalized spacial score (nSPS) is 10.7. The van der Waals surface area contributed by atoms with Crippen LogP contribution in [0.3, 0.4) is 0 Å². The number of pyridine rings is 1. The van der Waals surface area contributed by atoms with Crippen molar-refractivity contribution in [3.8, 4) is 16.9 Å². The Balaban J connectivity index is 1.88. The number of nitrogens with zero attached hydrogens (tertiary/aromatic N) is 1. The number of benzene rings is 2. The summed E-state index contributed by atoms with van der Waals surface area (Å²) in [4.78, 5) is 11.6. The molecule has 0 unspecified atom stereocenters. The average molecular weight is 465 g/mol. The molecule has 1 heterocycles. The van der Waals surface area contributed by atoms with Gasteiger partial charge in [-0.2, -0.15) is 0 Å². The zero-order valence-electron chi connectivity index (χ0n) is 13.4. The lowest BCUT2D eigenvalue weighted by atomic mass is 10.1. The van der Waals surface area contributed by atoms with Gasteiger partial charge in [0.15, 0.2) is 0 Å². The molecule has 3 aromatic rings. The summed E-state index contributed by atoms with van der Waals surface area (Å²) in [6.07, 6.45) is 0. The first-order chi connectivity index (χ1) is 12.0. The van der Waals surface area contributed by atoms with E-state index in [0.29, 0.717) is 16.2 Å². The number of hydrogen-bond acceptors (Lipinski definition) is 3. The summed E-state index contributed by atoms with van der Waals surface area (Å²) in [6.45, 7) is 1.86. The van der Waals surface area contributed by atoms with Crippen molar-refractivity contribution in [2.24, 2.45) is 0 Å². The van der Waals surface area contributed by atoms with Crippen LogP contribution in [0.5, 0.6) is 5.75 Å². The summed E-state index contributed by atoms with van der Waals surface area (Å²) in [5.41, 5.74) is 2.82. The van der Waals surface area contributed by atoms with Gasteiger partial charge in [-0.05, 0) is 73.7 Å². The summed E-state index contributed by atoms with van der Waals surface area (Å²) in [6, 6.07) is 17.0. The molecule has 0 amide bonds. The second kappa shape index (κ2) is 7.45. The lowest BCUT2D eigenvalue weighted by Gasteiger charge is -2.14. The predicted octanol–water partition coefficient (Wildman–Crippen LogP) is 5.17. The Morgan fingerprint density at radius 1 is 1.00 bits per heavy atom. The molecular formula is C19H15Br2NO3. The van der Waals surface area contributed by atoms with Gasteiger partial charge in [-0.3, -0.25) is 4.79 Å². The first-order valence-corrected chi connectivity index (χ1v) is 9.13. The van der Waals surface area contributed by atoms with Gasteiger partial charge in [-0.25, -0.2) is 0 Å². The molecule has 25 heavy (non-hydrogen) atoms. The topological polar surface area (TPSA) is 51.5 Å². The first-order valence-electron chi connectivity index (χ1n) is 7.55. The first kappa shape index (κ1) is 17.8. The molecule has 128 valence electrons. The molecule has 0 bridgehead atoms. The molecule has 0 saturated carbocycles. The Morgan fingerprint density at radius 3 is 2.28 bits per heavy atom. The van der Waals surface area contributed by atoms with Crippen molar-refractivity contribution in [3.63, 3.8) is 0 Å². The van der Waals surface area contributed by atoms with Crippen molar-refractivity contribution >= 4 is 31.9 Å². The number of aryl methyl sites for hydroxylation is 1. The molecule has 6 heteroatoms. The van der Waals surface area contributed by atoms with Crippen LogP contribution in [0.25, 0.3) is 11.1 Å². The summed E-state index contributed by atoms with van der Waals surface area (Å²) in [5.74, 6) is 0.605. The van der Waals surface area contributed by atoms with Gasteiger partial charge >= 0.3 is 0 Å². The van der Waals surface area contributed by atoms with Crippen LogP contribution in [0.15, 0.2) is 68.3 Å². The summed E-state index contributed by atoms with van der Waals surface area (Å²) in [7, 11) is 0. The summed E-state index contributed by atoms with van der Waals surface area (Å²) in [5, 5.41) is 9.83. The van der Waals surface area contributed by atoms with Crippen molar-refractivity contribution in [2.75, 3.05) is 0 Å². The van der Waals surface area contributed by atoms with Crippen molar-refractivity contribution in [1.82, 2.24) is 4.73 Å². The summed E-state index contributed by atoms with van der Waals surface area (Å²) >= 11 is 7.06. The van der Waals surface area contributed by atoms with Crippen LogP contribution in [-0.4, -0.2) is 9.94 Å². The fraction of sp³-hybridized carbons (Fsp3) is 0.105. The van der Waals surface area contributed by atoms with Crippen molar-refractivity contribution in [2.45, 2.75) is 13.5 Å². The van der Waals surface area contributed by atoms with E-state index >= 15 is 0 Å². The molecule has 0 aliphatic rings. The highest BCUT2D eigenvalue weighted by Crippen LogP contribution is 2.38. The minimum absolute atomic E-state index is 0.0648. The van der Waals surface area contributed by atoms with Crippen LogP contribution < -0.4 is 10.3 Å². The van der Waals surface area contributed by atoms with E-state index in [4.69, 9.17) is 4.74 Å². The van der Waals surface area contributed by atoms with E-state index in [1.165, 1.54) is 6.07 Å². The Bertz CT molecular complexity index is 945. The molecule has 0 aliphatic heterocycles. The lowest BCUT2D eigenvalue weighted by molar-refractivity contribution is 0.147. The van der Waals surface area contributed by atoms with Crippen LogP contribution in [0.2, 0.25) is 0 Å². The van der Waals surface area contributed by atoms with E-state index < -0.39 is 5.56 Å². The Labute approximate surface area is 161 Å². The quantitative estimate of drug-likeness (QED) is 0.542. The maximum Gasteiger partial charge on any atom is 0.283 e. The van der Waals surface area contributed by atoms with E-state index in [1.807, 2.05) is 42.5 Å². The van der Waals surface area contributed by atoms with Crippen molar-refractivity contribution in [3.05, 3.63) is 85.2 Å². The van der Waals surface area contributed by atoms with Gasteiger partial charge < -0.3 is 9.94 Å². The van der Waals surface area contributed by atoms with Gasteiger partial charge in [0.05, 0.1) is 14.6 Å². The van der Waals surface area contributed by atoms with Crippen LogP contribution in [0.1, 0.15) is 11.3 Å². The predicted molar refractivity (Wildman–Crippen MR) is 104 cm³/mol. The fourth-order valence-corrected chi connectivity index (χ4v) is 3.92. The molecule has 0 fully saturated rings. The third-order valence-corrected chi connectivity index (χ3v) is 4.87. The highest BCUT2D eigenvalue weighted by Gasteiger charge is 2.12. The Kier molecular flexibility index (Phi) is 5.30. The number of aromatic nitrogens is 1. The average Bonchev–Trinajstić information content (AvgIpc) is 2.58. The largest absolute Gasteiger partial charge is 0.485 e. The van der Waals surface area contributed by atoms with E-state index in [2.05, 4.69) is 31.9 Å². The molecule has 0 aliphatic carbocycles. The smallest absolute Gasteiger partial charge is 0.283 e. The van der Waals surface area contributed by atoms with Gasteiger partial charge in [0.1, 0.15) is 12.4 Å². The number of hydrogen-bond donors (Lipinski definition) is 1. The standard InChI is InChI=1S/C19H15Br2NO3/c1-12-7-15(22(24)18(23)8-12)11-25-19-16(20)9-14(10-17(19)21)13-5-3-2-4-6-13/h2-10,24H,11H2,1H3. The molecule has 1 N–H and O–H groups in total. The molecule has 1 aromatic heterocycles. The van der Waals surface area contributed by atoms with E-state index in [9.17, 15) is 10.0 Å². The van der Waals surface area contributed by atoms with Gasteiger partial charge in [-0.1, -0.05) is 30.3 Å². The van der Waals surface area contributed by atoms with Crippen LogP contribution in [-0.2, 0) is 6.61 Å². The molecule has 0 radical (unpaired) electrons. The molecule has 0 spiro atoms. The monoisotopic (exact) mass is 463 g/mol. The summed E-state index contributed by atoms with van der Waals surface area (Å²) < 4.78 is 7.98. The molecule has 4 nitrogen and oxygen atoms in total. The second-order valence-electron chi connectivity index (χ2n) is 5.60. The van der Waals surface area contributed by atoms with Gasteiger partial charge in [0, 0.05) is 6.07 Å². The minimum atomic E-state index is -0.476. The van der Waals surface area contributed by atoms with Crippen molar-refractivity contribution in [1.29, 1.82) is 0 Å². The molecule has 3 rings (SSSR count).